The average Bonchev–Trinajstić information content (AvgIpc) is 3.52. The zero-order valence-corrected chi connectivity index (χ0v) is 21.3. The van der Waals surface area contributed by atoms with Crippen molar-refractivity contribution in [3.8, 4) is 28.6 Å². The van der Waals surface area contributed by atoms with Crippen molar-refractivity contribution in [2.24, 2.45) is 0 Å². The second-order valence-electron chi connectivity index (χ2n) is 9.85. The smallest absolute Gasteiger partial charge is 0.258 e. The van der Waals surface area contributed by atoms with Gasteiger partial charge in [0.05, 0.1) is 12.7 Å². The molecule has 0 radical (unpaired) electrons. The van der Waals surface area contributed by atoms with Crippen LogP contribution in [0.5, 0.6) is 5.75 Å². The lowest BCUT2D eigenvalue weighted by atomic mass is 9.80. The Hall–Kier alpha value is -3.24. The second kappa shape index (κ2) is 9.01. The molecular weight excluding hydrogens is 482 g/mol. The molecule has 1 spiro atoms. The Morgan fingerprint density at radius 2 is 2.06 bits per heavy atom. The van der Waals surface area contributed by atoms with Crippen molar-refractivity contribution >= 4 is 15.7 Å². The maximum Gasteiger partial charge on any atom is 0.258 e. The van der Waals surface area contributed by atoms with Crippen molar-refractivity contribution in [3.63, 3.8) is 0 Å². The van der Waals surface area contributed by atoms with E-state index >= 15 is 0 Å². The van der Waals surface area contributed by atoms with E-state index in [1.165, 1.54) is 6.07 Å². The number of carbonyl (C=O) groups excluding carboxylic acids is 1. The number of β-amino-alcohol motifs (C(OH)–C–C–N with tert-alkyl or cyclic N) is 1. The molecule has 1 fully saturated rings. The monoisotopic (exact) mass is 511 g/mol. The highest BCUT2D eigenvalue weighted by molar-refractivity contribution is 7.90. The fourth-order valence-electron chi connectivity index (χ4n) is 5.38. The third-order valence-electron chi connectivity index (χ3n) is 6.93. The van der Waals surface area contributed by atoms with Gasteiger partial charge in [0.25, 0.3) is 5.89 Å². The van der Waals surface area contributed by atoms with Gasteiger partial charge in [0.1, 0.15) is 10.6 Å². The highest BCUT2D eigenvalue weighted by Crippen LogP contribution is 2.48. The van der Waals surface area contributed by atoms with E-state index in [0.717, 1.165) is 35.8 Å². The summed E-state index contributed by atoms with van der Waals surface area (Å²) in [7, 11) is -3.55. The second-order valence-corrected chi connectivity index (χ2v) is 11.8. The molecule has 1 aliphatic carbocycles. The van der Waals surface area contributed by atoms with Crippen molar-refractivity contribution in [2.75, 3.05) is 26.0 Å². The summed E-state index contributed by atoms with van der Waals surface area (Å²) in [4.78, 5) is 18.9. The van der Waals surface area contributed by atoms with Crippen LogP contribution in [0.3, 0.4) is 0 Å². The summed E-state index contributed by atoms with van der Waals surface area (Å²) in [5.41, 5.74) is 3.28. The molecule has 2 aromatic carbocycles. The Morgan fingerprint density at radius 1 is 1.25 bits per heavy atom. The van der Waals surface area contributed by atoms with Crippen LogP contribution in [0.4, 0.5) is 0 Å². The number of amides is 1. The van der Waals surface area contributed by atoms with Gasteiger partial charge in [0.2, 0.25) is 11.7 Å². The van der Waals surface area contributed by atoms with Crippen molar-refractivity contribution in [1.29, 1.82) is 0 Å². The molecule has 1 amide bonds. The molecule has 3 aromatic rings. The normalized spacial score (nSPS) is 19.5. The van der Waals surface area contributed by atoms with E-state index in [0.29, 0.717) is 30.9 Å². The van der Waals surface area contributed by atoms with Gasteiger partial charge in [0, 0.05) is 42.3 Å². The minimum absolute atomic E-state index is 0.0496. The summed E-state index contributed by atoms with van der Waals surface area (Å²) < 4.78 is 36.0. The number of benzene rings is 2. The maximum atomic E-state index is 12.6. The predicted molar refractivity (Wildman–Crippen MR) is 132 cm³/mol. The largest absolute Gasteiger partial charge is 0.490 e. The molecule has 0 unspecified atom stereocenters. The van der Waals surface area contributed by atoms with E-state index in [9.17, 15) is 18.3 Å². The van der Waals surface area contributed by atoms with E-state index in [2.05, 4.69) is 16.2 Å². The van der Waals surface area contributed by atoms with Gasteiger partial charge in [-0.2, -0.15) is 4.98 Å². The van der Waals surface area contributed by atoms with Crippen LogP contribution in [0.2, 0.25) is 0 Å². The van der Waals surface area contributed by atoms with Gasteiger partial charge in [-0.15, -0.1) is 0 Å². The summed E-state index contributed by atoms with van der Waals surface area (Å²) in [5, 5.41) is 13.5. The molecule has 5 rings (SSSR count). The quantitative estimate of drug-likeness (QED) is 0.514. The molecule has 1 N–H and O–H groups in total. The number of nitrogens with zero attached hydrogens (tertiary/aromatic N) is 3. The van der Waals surface area contributed by atoms with Crippen LogP contribution < -0.4 is 4.74 Å². The Bertz CT molecular complexity index is 1430. The number of carbonyl (C=O) groups is 1. The van der Waals surface area contributed by atoms with Crippen molar-refractivity contribution < 1.29 is 27.6 Å². The average molecular weight is 512 g/mol. The topological polar surface area (TPSA) is 123 Å². The van der Waals surface area contributed by atoms with E-state index in [-0.39, 0.29) is 40.6 Å². The molecule has 2 heterocycles. The lowest BCUT2D eigenvalue weighted by molar-refractivity contribution is -0.128. The van der Waals surface area contributed by atoms with Gasteiger partial charge in [-0.3, -0.25) is 4.79 Å². The first-order valence-electron chi connectivity index (χ1n) is 12.0. The molecular formula is C26H29N3O6S. The zero-order valence-electron chi connectivity index (χ0n) is 20.5. The van der Waals surface area contributed by atoms with E-state index in [1.54, 1.807) is 17.0 Å². The van der Waals surface area contributed by atoms with E-state index in [1.807, 2.05) is 26.0 Å². The molecule has 1 saturated heterocycles. The Balaban J connectivity index is 1.49. The third-order valence-corrected chi connectivity index (χ3v) is 8.04. The third kappa shape index (κ3) is 4.28. The lowest BCUT2D eigenvalue weighted by Crippen LogP contribution is -2.32. The lowest BCUT2D eigenvalue weighted by Gasteiger charge is -2.24. The molecule has 1 aromatic heterocycles. The Morgan fingerprint density at radius 3 is 2.78 bits per heavy atom. The summed E-state index contributed by atoms with van der Waals surface area (Å²) in [6.07, 6.45) is 3.01. The predicted octanol–water partition coefficient (Wildman–Crippen LogP) is 3.00. The molecule has 9 nitrogen and oxygen atoms in total. The van der Waals surface area contributed by atoms with Gasteiger partial charge in [0.15, 0.2) is 9.84 Å². The van der Waals surface area contributed by atoms with Crippen LogP contribution in [-0.2, 0) is 26.5 Å². The molecule has 0 bridgehead atoms. The number of hydrogen-bond acceptors (Lipinski definition) is 8. The van der Waals surface area contributed by atoms with Crippen LogP contribution in [0.1, 0.15) is 37.8 Å². The van der Waals surface area contributed by atoms with E-state index in [4.69, 9.17) is 9.26 Å². The SMILES string of the molecule is CC(C)Oc1ccc(-c2nc(-c3cccc4c3CC[C@]43CC(=O)N(CCO)C3)no2)cc1S(C)(=O)=O. The molecule has 10 heteroatoms. The van der Waals surface area contributed by atoms with Gasteiger partial charge in [-0.05, 0) is 56.0 Å². The van der Waals surface area contributed by atoms with Crippen molar-refractivity contribution in [2.45, 2.75) is 49.5 Å². The number of fused-ring (bicyclic) bond motifs is 2. The zero-order chi connectivity index (χ0) is 25.7. The minimum Gasteiger partial charge on any atom is -0.490 e. The number of aromatic nitrogens is 2. The minimum atomic E-state index is -3.55. The maximum absolute atomic E-state index is 12.6. The van der Waals surface area contributed by atoms with Crippen LogP contribution in [0, 0.1) is 0 Å². The number of aliphatic hydroxyl groups excluding tert-OH is 1. The summed E-state index contributed by atoms with van der Waals surface area (Å²) in [5.74, 6) is 0.972. The van der Waals surface area contributed by atoms with Gasteiger partial charge in [-0.25, -0.2) is 8.42 Å². The molecule has 2 aliphatic rings. The Labute approximate surface area is 210 Å². The van der Waals surface area contributed by atoms with Crippen LogP contribution in [0.25, 0.3) is 22.8 Å². The van der Waals surface area contributed by atoms with Crippen LogP contribution in [0.15, 0.2) is 45.8 Å². The summed E-state index contributed by atoms with van der Waals surface area (Å²) >= 11 is 0. The molecule has 1 aliphatic heterocycles. The first-order valence-corrected chi connectivity index (χ1v) is 13.9. The van der Waals surface area contributed by atoms with Gasteiger partial charge < -0.3 is 19.3 Å². The first kappa shape index (κ1) is 24.5. The van der Waals surface area contributed by atoms with Gasteiger partial charge >= 0.3 is 0 Å². The molecule has 36 heavy (non-hydrogen) atoms. The number of hydrogen-bond donors (Lipinski definition) is 1. The fraction of sp³-hybridized carbons (Fsp3) is 0.423. The van der Waals surface area contributed by atoms with Crippen molar-refractivity contribution in [1.82, 2.24) is 15.0 Å². The highest BCUT2D eigenvalue weighted by Gasteiger charge is 2.48. The highest BCUT2D eigenvalue weighted by atomic mass is 32.2. The first-order chi connectivity index (χ1) is 17.1. The molecule has 190 valence electrons. The number of sulfone groups is 1. The fourth-order valence-corrected chi connectivity index (χ4v) is 6.20. The number of rotatable bonds is 7. The number of aliphatic hydroxyl groups is 1. The van der Waals surface area contributed by atoms with Crippen LogP contribution in [-0.4, -0.2) is 66.5 Å². The van der Waals surface area contributed by atoms with Crippen LogP contribution >= 0.6 is 0 Å². The van der Waals surface area contributed by atoms with Crippen molar-refractivity contribution in [3.05, 3.63) is 47.5 Å². The van der Waals surface area contributed by atoms with E-state index < -0.39 is 9.84 Å². The Kier molecular flexibility index (Phi) is 6.12. The summed E-state index contributed by atoms with van der Waals surface area (Å²) in [6, 6.07) is 10.7. The standard InChI is InChI=1S/C26H29N3O6S/c1-16(2)34-21-8-7-17(13-22(21)36(3,32)33)25-27-24(28-35-25)19-5-4-6-20-18(19)9-10-26(20)14-23(31)29(15-26)11-12-30/h4-8,13,16,30H,9-12,14-15H2,1-3H3/t26-/m1/s1. The molecule has 0 saturated carbocycles. The number of ether oxygens (including phenoxy) is 1. The molecule has 1 atom stereocenters. The number of likely N-dealkylation sites (tertiary alicyclic amines) is 1. The summed E-state index contributed by atoms with van der Waals surface area (Å²) in [6.45, 7) is 4.56. The van der Waals surface area contributed by atoms with Gasteiger partial charge in [-0.1, -0.05) is 23.4 Å².